The van der Waals surface area contributed by atoms with E-state index in [1.54, 1.807) is 11.8 Å². The molecule has 0 spiro atoms. The van der Waals surface area contributed by atoms with E-state index in [4.69, 9.17) is 0 Å². The molecule has 1 aromatic rings. The van der Waals surface area contributed by atoms with Gasteiger partial charge in [0.15, 0.2) is 0 Å². The molecule has 0 bridgehead atoms. The van der Waals surface area contributed by atoms with Gasteiger partial charge in [-0.25, -0.2) is 0 Å². The van der Waals surface area contributed by atoms with Gasteiger partial charge in [-0.3, -0.25) is 9.59 Å². The van der Waals surface area contributed by atoms with Gasteiger partial charge in [-0.2, -0.15) is 0 Å². The number of hydrogen-bond acceptors (Lipinski definition) is 3. The number of aryl methyl sites for hydroxylation is 1. The van der Waals surface area contributed by atoms with Crippen molar-refractivity contribution in [3.8, 4) is 0 Å². The van der Waals surface area contributed by atoms with E-state index in [1.165, 1.54) is 0 Å². The number of hydrogen-bond donors (Lipinski definition) is 2. The predicted molar refractivity (Wildman–Crippen MR) is 73.7 cm³/mol. The third-order valence-corrected chi connectivity index (χ3v) is 4.03. The monoisotopic (exact) mass is 264 g/mol. The maximum atomic E-state index is 11.9. The topological polar surface area (TPSA) is 58.2 Å². The lowest BCUT2D eigenvalue weighted by Gasteiger charge is -2.21. The maximum absolute atomic E-state index is 11.9. The highest BCUT2D eigenvalue weighted by Crippen LogP contribution is 2.19. The van der Waals surface area contributed by atoms with Crippen molar-refractivity contribution in [2.75, 3.05) is 17.6 Å². The van der Waals surface area contributed by atoms with Crippen LogP contribution >= 0.6 is 11.8 Å². The van der Waals surface area contributed by atoms with Gasteiger partial charge in [0.05, 0.1) is 5.25 Å². The van der Waals surface area contributed by atoms with E-state index < -0.39 is 0 Å². The Bertz CT molecular complexity index is 462. The molecule has 1 atom stereocenters. The first-order valence-corrected chi connectivity index (χ1v) is 6.96. The van der Waals surface area contributed by atoms with Crippen molar-refractivity contribution in [1.82, 2.24) is 5.32 Å². The molecule has 18 heavy (non-hydrogen) atoms. The van der Waals surface area contributed by atoms with Gasteiger partial charge in [0.1, 0.15) is 0 Å². The molecule has 0 aliphatic carbocycles. The number of thioether (sulfide) groups is 1. The molecule has 5 heteroatoms. The van der Waals surface area contributed by atoms with Crippen molar-refractivity contribution < 1.29 is 9.59 Å². The molecule has 1 fully saturated rings. The van der Waals surface area contributed by atoms with Crippen molar-refractivity contribution >= 4 is 29.3 Å². The molecule has 96 valence electrons. The SMILES string of the molecule is Cc1ccccc1NC(=O)C[C@@H]1SCCNC1=O. The molecule has 1 saturated heterocycles. The van der Waals surface area contributed by atoms with Crippen molar-refractivity contribution in [2.24, 2.45) is 0 Å². The lowest BCUT2D eigenvalue weighted by Crippen LogP contribution is -2.40. The number of anilines is 1. The molecule has 0 aromatic heterocycles. The summed E-state index contributed by atoms with van der Waals surface area (Å²) in [6, 6.07) is 7.61. The van der Waals surface area contributed by atoms with Crippen molar-refractivity contribution in [2.45, 2.75) is 18.6 Å². The third-order valence-electron chi connectivity index (χ3n) is 2.80. The summed E-state index contributed by atoms with van der Waals surface area (Å²) in [6.45, 7) is 2.64. The zero-order valence-electron chi connectivity index (χ0n) is 10.2. The van der Waals surface area contributed by atoms with Crippen molar-refractivity contribution in [3.05, 3.63) is 29.8 Å². The van der Waals surface area contributed by atoms with Crippen LogP contribution in [0.15, 0.2) is 24.3 Å². The number of amides is 2. The van der Waals surface area contributed by atoms with Gasteiger partial charge >= 0.3 is 0 Å². The van der Waals surface area contributed by atoms with Crippen LogP contribution in [0.25, 0.3) is 0 Å². The molecule has 1 aromatic carbocycles. The van der Waals surface area contributed by atoms with Gasteiger partial charge in [0.25, 0.3) is 0 Å². The average Bonchev–Trinajstić information content (AvgIpc) is 2.35. The molecule has 2 N–H and O–H groups in total. The van der Waals surface area contributed by atoms with Crippen LogP contribution in [0.1, 0.15) is 12.0 Å². The van der Waals surface area contributed by atoms with Gasteiger partial charge in [-0.05, 0) is 18.6 Å². The third kappa shape index (κ3) is 3.26. The highest BCUT2D eigenvalue weighted by Gasteiger charge is 2.25. The fourth-order valence-electron chi connectivity index (χ4n) is 1.80. The maximum Gasteiger partial charge on any atom is 0.233 e. The van der Waals surface area contributed by atoms with Crippen LogP contribution in [0.2, 0.25) is 0 Å². The number of carbonyl (C=O) groups is 2. The van der Waals surface area contributed by atoms with E-state index >= 15 is 0 Å². The molecule has 1 aliphatic heterocycles. The highest BCUT2D eigenvalue weighted by molar-refractivity contribution is 8.00. The summed E-state index contributed by atoms with van der Waals surface area (Å²) in [6.07, 6.45) is 0.227. The molecule has 1 aliphatic rings. The Kier molecular flexibility index (Phi) is 4.25. The first-order valence-electron chi connectivity index (χ1n) is 5.91. The van der Waals surface area contributed by atoms with Gasteiger partial charge in [0, 0.05) is 24.4 Å². The number of para-hydroxylation sites is 1. The number of carbonyl (C=O) groups excluding carboxylic acids is 2. The smallest absolute Gasteiger partial charge is 0.233 e. The standard InChI is InChI=1S/C13H16N2O2S/c1-9-4-2-3-5-10(9)15-12(16)8-11-13(17)14-6-7-18-11/h2-5,11H,6-8H2,1H3,(H,14,17)(H,15,16)/t11-/m0/s1. The van der Waals surface area contributed by atoms with E-state index in [0.29, 0.717) is 6.54 Å². The number of nitrogens with one attached hydrogen (secondary N) is 2. The molecular weight excluding hydrogens is 248 g/mol. The fourth-order valence-corrected chi connectivity index (χ4v) is 2.81. The minimum atomic E-state index is -0.261. The van der Waals surface area contributed by atoms with Crippen LogP contribution in [0.3, 0.4) is 0 Å². The Balaban J connectivity index is 1.92. The molecular formula is C13H16N2O2S. The van der Waals surface area contributed by atoms with Crippen molar-refractivity contribution in [1.29, 1.82) is 0 Å². The Morgan fingerprint density at radius 3 is 3.00 bits per heavy atom. The number of rotatable bonds is 3. The average molecular weight is 264 g/mol. The van der Waals surface area contributed by atoms with E-state index in [0.717, 1.165) is 17.0 Å². The summed E-state index contributed by atoms with van der Waals surface area (Å²) in [5, 5.41) is 5.36. The normalized spacial score (nSPS) is 19.2. The molecule has 2 amide bonds. The van der Waals surface area contributed by atoms with E-state index in [9.17, 15) is 9.59 Å². The molecule has 0 saturated carbocycles. The lowest BCUT2D eigenvalue weighted by atomic mass is 10.2. The summed E-state index contributed by atoms with van der Waals surface area (Å²) >= 11 is 1.54. The van der Waals surface area contributed by atoms with Crippen LogP contribution in [-0.2, 0) is 9.59 Å². The summed E-state index contributed by atoms with van der Waals surface area (Å²) < 4.78 is 0. The molecule has 0 unspecified atom stereocenters. The fraction of sp³-hybridized carbons (Fsp3) is 0.385. The Hall–Kier alpha value is -1.49. The molecule has 2 rings (SSSR count). The quantitative estimate of drug-likeness (QED) is 0.871. The first-order chi connectivity index (χ1) is 8.66. The summed E-state index contributed by atoms with van der Waals surface area (Å²) in [5.41, 5.74) is 1.83. The van der Waals surface area contributed by atoms with Gasteiger partial charge in [0.2, 0.25) is 11.8 Å². The second-order valence-corrected chi connectivity index (χ2v) is 5.53. The van der Waals surface area contributed by atoms with Gasteiger partial charge in [-0.15, -0.1) is 11.8 Å². The Morgan fingerprint density at radius 1 is 1.50 bits per heavy atom. The molecule has 0 radical (unpaired) electrons. The van der Waals surface area contributed by atoms with E-state index in [-0.39, 0.29) is 23.5 Å². The summed E-state index contributed by atoms with van der Waals surface area (Å²) in [4.78, 5) is 23.4. The largest absolute Gasteiger partial charge is 0.354 e. The van der Waals surface area contributed by atoms with Crippen LogP contribution in [-0.4, -0.2) is 29.4 Å². The zero-order valence-corrected chi connectivity index (χ0v) is 11.0. The van der Waals surface area contributed by atoms with Crippen LogP contribution in [0, 0.1) is 6.92 Å². The minimum absolute atomic E-state index is 0.0359. The second-order valence-electron chi connectivity index (χ2n) is 4.22. The van der Waals surface area contributed by atoms with Crippen LogP contribution in [0.5, 0.6) is 0 Å². The molecule has 1 heterocycles. The van der Waals surface area contributed by atoms with E-state index in [1.807, 2.05) is 31.2 Å². The second kappa shape index (κ2) is 5.91. The van der Waals surface area contributed by atoms with Crippen molar-refractivity contribution in [3.63, 3.8) is 0 Å². The Labute approximate surface area is 111 Å². The minimum Gasteiger partial charge on any atom is -0.354 e. The summed E-state index contributed by atoms with van der Waals surface area (Å²) in [7, 11) is 0. The molecule has 4 nitrogen and oxygen atoms in total. The predicted octanol–water partition coefficient (Wildman–Crippen LogP) is 1.56. The lowest BCUT2D eigenvalue weighted by molar-refractivity contribution is -0.123. The summed E-state index contributed by atoms with van der Waals surface area (Å²) in [5.74, 6) is 0.721. The highest BCUT2D eigenvalue weighted by atomic mass is 32.2. The van der Waals surface area contributed by atoms with Gasteiger partial charge in [-0.1, -0.05) is 18.2 Å². The Morgan fingerprint density at radius 2 is 2.28 bits per heavy atom. The van der Waals surface area contributed by atoms with Crippen LogP contribution in [0.4, 0.5) is 5.69 Å². The van der Waals surface area contributed by atoms with Crippen LogP contribution < -0.4 is 10.6 Å². The van der Waals surface area contributed by atoms with E-state index in [2.05, 4.69) is 10.6 Å². The number of benzene rings is 1. The zero-order chi connectivity index (χ0) is 13.0. The van der Waals surface area contributed by atoms with Gasteiger partial charge < -0.3 is 10.6 Å². The first kappa shape index (κ1) is 13.0.